The Hall–Kier alpha value is -4.23. The summed E-state index contributed by atoms with van der Waals surface area (Å²) < 4.78 is 17.6. The summed E-state index contributed by atoms with van der Waals surface area (Å²) in [5.41, 5.74) is 5.94. The van der Waals surface area contributed by atoms with Crippen molar-refractivity contribution >= 4 is 28.3 Å². The number of pyridine rings is 2. The smallest absolute Gasteiger partial charge is 1.00 e. The first-order valence-electron chi connectivity index (χ1n) is 15.4. The fraction of sp³-hybridized carbons (Fsp3) is 0.205. The van der Waals surface area contributed by atoms with Gasteiger partial charge in [-0.15, -0.1) is 0 Å². The molecule has 1 fully saturated rings. The number of ether oxygens (including phenoxy) is 3. The summed E-state index contributed by atoms with van der Waals surface area (Å²) in [4.78, 5) is 20.5. The van der Waals surface area contributed by atoms with Gasteiger partial charge in [-0.1, -0.05) is 72.8 Å². The van der Waals surface area contributed by atoms with E-state index in [1.54, 1.807) is 0 Å². The van der Waals surface area contributed by atoms with Crippen LogP contribution >= 0.6 is 0 Å². The molecule has 7 heteroatoms. The first-order chi connectivity index (χ1) is 22.2. The van der Waals surface area contributed by atoms with Gasteiger partial charge in [-0.3, -0.25) is 4.79 Å². The first kappa shape index (κ1) is 31.7. The Balaban J connectivity index is 0.00000217. The monoisotopic (exact) mass is 618 g/mol. The van der Waals surface area contributed by atoms with Gasteiger partial charge in [0.25, 0.3) is 6.47 Å². The summed E-state index contributed by atoms with van der Waals surface area (Å²) in [6, 6.07) is 41.2. The molecule has 0 aliphatic heterocycles. The topological polar surface area (TPSA) is 70.5 Å². The molecule has 0 bridgehead atoms. The Morgan fingerprint density at radius 3 is 1.54 bits per heavy atom. The molecule has 1 saturated carbocycles. The summed E-state index contributed by atoms with van der Waals surface area (Å²) in [5, 5.41) is 2.23. The SMILES string of the molecule is O=COC1CCC(c2ccc(OCc3ccc4ccccc4n3)cc2)(c2ccc(OCc3ccc4ccccc4n3)cc2)CC1.[H-].[Na+]. The van der Waals surface area contributed by atoms with E-state index in [2.05, 4.69) is 48.5 Å². The van der Waals surface area contributed by atoms with Gasteiger partial charge in [0.1, 0.15) is 30.8 Å². The molecule has 0 saturated heterocycles. The van der Waals surface area contributed by atoms with Crippen molar-refractivity contribution in [2.75, 3.05) is 0 Å². The summed E-state index contributed by atoms with van der Waals surface area (Å²) in [6.07, 6.45) is 3.29. The number of hydrogen-bond donors (Lipinski definition) is 0. The number of hydrogen-bond acceptors (Lipinski definition) is 6. The molecule has 46 heavy (non-hydrogen) atoms. The number of carbonyl (C=O) groups is 1. The molecule has 2 heterocycles. The zero-order valence-corrected chi connectivity index (χ0v) is 28.0. The van der Waals surface area contributed by atoms with Gasteiger partial charge in [-0.2, -0.15) is 0 Å². The van der Waals surface area contributed by atoms with Gasteiger partial charge >= 0.3 is 29.6 Å². The zero-order chi connectivity index (χ0) is 30.5. The van der Waals surface area contributed by atoms with Crippen molar-refractivity contribution in [2.24, 2.45) is 0 Å². The van der Waals surface area contributed by atoms with Gasteiger partial charge in [0.2, 0.25) is 0 Å². The quantitative estimate of drug-likeness (QED) is 0.150. The molecular formula is C39H35N2NaO4. The second-order valence-corrected chi connectivity index (χ2v) is 11.6. The normalized spacial score (nSPS) is 14.3. The number of carbonyl (C=O) groups excluding carboxylic acids is 1. The minimum absolute atomic E-state index is 0. The first-order valence-corrected chi connectivity index (χ1v) is 15.4. The molecule has 1 aliphatic carbocycles. The second-order valence-electron chi connectivity index (χ2n) is 11.6. The molecule has 4 aromatic carbocycles. The van der Waals surface area contributed by atoms with Gasteiger partial charge in [0.05, 0.1) is 22.4 Å². The van der Waals surface area contributed by atoms with Crippen molar-refractivity contribution in [3.63, 3.8) is 0 Å². The molecule has 0 atom stereocenters. The summed E-state index contributed by atoms with van der Waals surface area (Å²) in [7, 11) is 0. The van der Waals surface area contributed by atoms with Crippen LogP contribution in [0.4, 0.5) is 0 Å². The van der Waals surface area contributed by atoms with E-state index in [-0.39, 0.29) is 42.5 Å². The molecule has 1 aliphatic rings. The van der Waals surface area contributed by atoms with Gasteiger partial charge < -0.3 is 15.6 Å². The molecule has 0 N–H and O–H groups in total. The van der Waals surface area contributed by atoms with E-state index < -0.39 is 0 Å². The third-order valence-corrected chi connectivity index (χ3v) is 8.93. The average molecular weight is 619 g/mol. The van der Waals surface area contributed by atoms with Gasteiger partial charge in [-0.25, -0.2) is 9.97 Å². The Kier molecular flexibility index (Phi) is 9.98. The fourth-order valence-electron chi connectivity index (χ4n) is 6.47. The summed E-state index contributed by atoms with van der Waals surface area (Å²) >= 11 is 0. The van der Waals surface area contributed by atoms with Gasteiger partial charge in [0.15, 0.2) is 0 Å². The minimum atomic E-state index is -0.209. The Labute approximate surface area is 292 Å². The molecule has 6 nitrogen and oxygen atoms in total. The number of aromatic nitrogens is 2. The average Bonchev–Trinajstić information content (AvgIpc) is 3.11. The maximum absolute atomic E-state index is 11.0. The molecule has 6 aromatic rings. The fourth-order valence-corrected chi connectivity index (χ4v) is 6.47. The molecular weight excluding hydrogens is 583 g/mol. The molecule has 0 spiro atoms. The second kappa shape index (κ2) is 14.5. The van der Waals surface area contributed by atoms with Crippen molar-refractivity contribution in [3.8, 4) is 11.5 Å². The maximum atomic E-state index is 11.0. The van der Waals surface area contributed by atoms with Crippen molar-refractivity contribution in [3.05, 3.63) is 144 Å². The van der Waals surface area contributed by atoms with E-state index in [4.69, 9.17) is 24.2 Å². The van der Waals surface area contributed by atoms with Crippen molar-refractivity contribution < 1.29 is 50.0 Å². The van der Waals surface area contributed by atoms with Crippen LogP contribution in [0.15, 0.2) is 121 Å². The van der Waals surface area contributed by atoms with Crippen LogP contribution in [-0.2, 0) is 28.2 Å². The van der Waals surface area contributed by atoms with E-state index in [0.717, 1.165) is 70.4 Å². The van der Waals surface area contributed by atoms with Crippen LogP contribution in [0.3, 0.4) is 0 Å². The number of rotatable bonds is 10. The molecule has 0 unspecified atom stereocenters. The van der Waals surface area contributed by atoms with E-state index in [9.17, 15) is 4.79 Å². The Morgan fingerprint density at radius 1 is 0.630 bits per heavy atom. The van der Waals surface area contributed by atoms with Crippen LogP contribution < -0.4 is 39.0 Å². The van der Waals surface area contributed by atoms with Crippen molar-refractivity contribution in [1.29, 1.82) is 0 Å². The van der Waals surface area contributed by atoms with E-state index in [1.807, 2.05) is 72.8 Å². The van der Waals surface area contributed by atoms with Crippen molar-refractivity contribution in [1.82, 2.24) is 9.97 Å². The molecule has 7 rings (SSSR count). The van der Waals surface area contributed by atoms with E-state index >= 15 is 0 Å². The third-order valence-electron chi connectivity index (χ3n) is 8.93. The van der Waals surface area contributed by atoms with Crippen LogP contribution in [0.25, 0.3) is 21.8 Å². The summed E-state index contributed by atoms with van der Waals surface area (Å²) in [5.74, 6) is 1.60. The van der Waals surface area contributed by atoms with E-state index in [0.29, 0.717) is 19.7 Å². The number of para-hydroxylation sites is 2. The number of fused-ring (bicyclic) bond motifs is 2. The van der Waals surface area contributed by atoms with Crippen LogP contribution in [0.1, 0.15) is 49.6 Å². The standard InChI is InChI=1S/C39H34N2O4.Na.H/c42-27-45-36-21-23-39(24-22-36,30-11-17-34(18-12-30)43-25-32-15-9-28-5-1-3-7-37(28)40-32)31-13-19-35(20-14-31)44-26-33-16-10-29-6-2-4-8-38(29)41-33;;/h1-20,27,36H,21-26H2;;/q;+1;-1. The Bertz CT molecular complexity index is 1800. The predicted molar refractivity (Wildman–Crippen MR) is 176 cm³/mol. The van der Waals surface area contributed by atoms with Crippen molar-refractivity contribution in [2.45, 2.75) is 50.4 Å². The van der Waals surface area contributed by atoms with Crippen LogP contribution in [0.2, 0.25) is 0 Å². The van der Waals surface area contributed by atoms with Crippen LogP contribution in [0.5, 0.6) is 11.5 Å². The van der Waals surface area contributed by atoms with Gasteiger partial charge in [0, 0.05) is 16.2 Å². The maximum Gasteiger partial charge on any atom is 1.00 e. The number of benzene rings is 4. The molecule has 2 aromatic heterocycles. The van der Waals surface area contributed by atoms with Crippen LogP contribution in [-0.4, -0.2) is 22.5 Å². The minimum Gasteiger partial charge on any atom is -1.00 e. The summed E-state index contributed by atoms with van der Waals surface area (Å²) in [6.45, 7) is 1.37. The third kappa shape index (κ3) is 6.95. The number of nitrogens with zero attached hydrogens (tertiary/aromatic N) is 2. The predicted octanol–water partition coefficient (Wildman–Crippen LogP) is 5.46. The molecule has 0 amide bonds. The molecule has 0 radical (unpaired) electrons. The zero-order valence-electron chi connectivity index (χ0n) is 27.0. The van der Waals surface area contributed by atoms with Crippen LogP contribution in [0, 0.1) is 0 Å². The Morgan fingerprint density at radius 2 is 1.09 bits per heavy atom. The largest absolute Gasteiger partial charge is 1.00 e. The van der Waals surface area contributed by atoms with E-state index in [1.165, 1.54) is 11.1 Å². The van der Waals surface area contributed by atoms with Gasteiger partial charge in [-0.05, 0) is 85.3 Å². The molecule has 226 valence electrons.